The minimum absolute atomic E-state index is 0.0352. The van der Waals surface area contributed by atoms with Gasteiger partial charge in [-0.1, -0.05) is 35.9 Å². The summed E-state index contributed by atoms with van der Waals surface area (Å²) in [5.74, 6) is 5.39. The molecule has 0 amide bonds. The van der Waals surface area contributed by atoms with Crippen molar-refractivity contribution in [2.24, 2.45) is 0 Å². The molecule has 4 rings (SSSR count). The molecule has 2 heterocycles. The highest BCUT2D eigenvalue weighted by Gasteiger charge is 2.35. The average molecular weight is 542 g/mol. The number of nitrogens with one attached hydrogen (secondary N) is 1. The van der Waals surface area contributed by atoms with Crippen molar-refractivity contribution in [2.45, 2.75) is 38.0 Å². The Bertz CT molecular complexity index is 1330. The molecule has 4 nitrogen and oxygen atoms in total. The summed E-state index contributed by atoms with van der Waals surface area (Å²) in [6, 6.07) is 6.65. The molecule has 1 aromatic heterocycles. The first-order chi connectivity index (χ1) is 17.4. The van der Waals surface area contributed by atoms with Crippen molar-refractivity contribution in [3.8, 4) is 40.0 Å². The van der Waals surface area contributed by atoms with E-state index in [1.807, 2.05) is 0 Å². The van der Waals surface area contributed by atoms with Crippen molar-refractivity contribution >= 4 is 11.6 Å². The summed E-state index contributed by atoms with van der Waals surface area (Å²) in [6.07, 6.45) is -5.54. The quantitative estimate of drug-likeness (QED) is 0.268. The van der Waals surface area contributed by atoms with Crippen LogP contribution in [-0.4, -0.2) is 39.8 Å². The van der Waals surface area contributed by atoms with Gasteiger partial charge in [-0.05, 0) is 61.8 Å². The number of likely N-dealkylation sites (tertiary alicyclic amines) is 1. The van der Waals surface area contributed by atoms with E-state index in [4.69, 9.17) is 11.6 Å². The summed E-state index contributed by atoms with van der Waals surface area (Å²) < 4.78 is 79.7. The molecule has 3 aromatic rings. The highest BCUT2D eigenvalue weighted by Crippen LogP contribution is 2.44. The Kier molecular flexibility index (Phi) is 7.76. The van der Waals surface area contributed by atoms with Crippen molar-refractivity contribution in [3.05, 3.63) is 58.2 Å². The van der Waals surface area contributed by atoms with E-state index in [-0.39, 0.29) is 27.9 Å². The van der Waals surface area contributed by atoms with Crippen LogP contribution in [0.5, 0.6) is 5.75 Å². The van der Waals surface area contributed by atoms with Crippen LogP contribution >= 0.6 is 11.6 Å². The molecular formula is C26H22ClF6N3O. The second-order valence-electron chi connectivity index (χ2n) is 8.70. The van der Waals surface area contributed by atoms with Gasteiger partial charge in [0.2, 0.25) is 0 Å². The van der Waals surface area contributed by atoms with Crippen molar-refractivity contribution in [3.63, 3.8) is 0 Å². The van der Waals surface area contributed by atoms with Crippen molar-refractivity contribution in [2.75, 3.05) is 19.6 Å². The molecule has 0 unspecified atom stereocenters. The molecule has 0 atom stereocenters. The monoisotopic (exact) mass is 541 g/mol. The number of hydrogen-bond acceptors (Lipinski definition) is 3. The lowest BCUT2D eigenvalue weighted by atomic mass is 9.93. The van der Waals surface area contributed by atoms with Crippen LogP contribution < -0.4 is 0 Å². The molecule has 0 saturated carbocycles. The Morgan fingerprint density at radius 1 is 0.973 bits per heavy atom. The smallest absolute Gasteiger partial charge is 0.435 e. The molecule has 0 spiro atoms. The van der Waals surface area contributed by atoms with Gasteiger partial charge in [0.1, 0.15) is 5.75 Å². The van der Waals surface area contributed by atoms with E-state index in [0.717, 1.165) is 44.6 Å². The third-order valence-corrected chi connectivity index (χ3v) is 6.45. The molecule has 0 bridgehead atoms. The molecule has 1 fully saturated rings. The largest absolute Gasteiger partial charge is 0.507 e. The number of nitrogens with zero attached hydrogens (tertiary/aromatic N) is 2. The topological polar surface area (TPSA) is 52.2 Å². The van der Waals surface area contributed by atoms with Crippen LogP contribution in [0.15, 0.2) is 36.4 Å². The molecule has 0 aliphatic carbocycles. The molecule has 11 heteroatoms. The number of phenolic OH excluding ortho intramolecular Hbond substituents is 1. The van der Waals surface area contributed by atoms with E-state index in [9.17, 15) is 31.4 Å². The average Bonchev–Trinajstić information content (AvgIpc) is 3.33. The number of aromatic amines is 1. The standard InChI is InChI=1S/C26H22ClF6N3O/c27-20-10-8-17(14-19(20)25(28,29)30)23-16(6-2-5-13-36-11-3-1-4-12-36)7-9-18(24(23)37)21-15-22(35-34-21)26(31,32)33/h7-10,14-15,37H,1,3-5,11-13H2,(H,34,35). The summed E-state index contributed by atoms with van der Waals surface area (Å²) in [4.78, 5) is 2.28. The Labute approximate surface area is 214 Å². The lowest BCUT2D eigenvalue weighted by Gasteiger charge is -2.25. The Morgan fingerprint density at radius 3 is 2.35 bits per heavy atom. The number of halogens is 7. The van der Waals surface area contributed by atoms with Crippen molar-refractivity contribution in [1.82, 2.24) is 15.1 Å². The molecule has 1 saturated heterocycles. The van der Waals surface area contributed by atoms with Gasteiger partial charge < -0.3 is 10.0 Å². The van der Waals surface area contributed by atoms with Gasteiger partial charge in [0.25, 0.3) is 0 Å². The van der Waals surface area contributed by atoms with Crippen molar-refractivity contribution < 1.29 is 31.4 Å². The minimum atomic E-state index is -4.76. The van der Waals surface area contributed by atoms with Crippen LogP contribution in [0, 0.1) is 11.8 Å². The zero-order valence-electron chi connectivity index (χ0n) is 19.4. The van der Waals surface area contributed by atoms with Gasteiger partial charge in [0, 0.05) is 29.7 Å². The number of aromatic nitrogens is 2. The zero-order valence-corrected chi connectivity index (χ0v) is 20.2. The van der Waals surface area contributed by atoms with Crippen molar-refractivity contribution in [1.29, 1.82) is 0 Å². The number of H-pyrrole nitrogens is 1. The summed E-state index contributed by atoms with van der Waals surface area (Å²) in [7, 11) is 0. The number of hydrogen-bond donors (Lipinski definition) is 2. The summed E-state index contributed by atoms with van der Waals surface area (Å²) in [5, 5.41) is 16.0. The molecule has 2 aromatic carbocycles. The van der Waals surface area contributed by atoms with E-state index in [1.54, 1.807) is 0 Å². The van der Waals surface area contributed by atoms with Crippen LogP contribution in [0.25, 0.3) is 22.4 Å². The molecule has 37 heavy (non-hydrogen) atoms. The van der Waals surface area contributed by atoms with E-state index >= 15 is 0 Å². The second-order valence-corrected chi connectivity index (χ2v) is 9.10. The first kappa shape index (κ1) is 26.9. The minimum Gasteiger partial charge on any atom is -0.507 e. The van der Waals surface area contributed by atoms with Crippen LogP contribution in [-0.2, 0) is 12.4 Å². The number of aromatic hydroxyl groups is 1. The molecule has 0 radical (unpaired) electrons. The maximum absolute atomic E-state index is 13.5. The van der Waals surface area contributed by atoms with Gasteiger partial charge in [-0.25, -0.2) is 0 Å². The SMILES string of the molecule is Oc1c(-c2cc(C(F)(F)F)n[nH]2)ccc(C#CCCN2CCCCC2)c1-c1ccc(Cl)c(C(F)(F)F)c1. The Morgan fingerprint density at radius 2 is 1.70 bits per heavy atom. The van der Waals surface area contributed by atoms with Gasteiger partial charge in [-0.2, -0.15) is 31.4 Å². The van der Waals surface area contributed by atoms with Crippen LogP contribution in [0.4, 0.5) is 26.3 Å². The first-order valence-electron chi connectivity index (χ1n) is 11.5. The second kappa shape index (κ2) is 10.7. The molecule has 1 aliphatic heterocycles. The van der Waals surface area contributed by atoms with Gasteiger partial charge >= 0.3 is 12.4 Å². The van der Waals surface area contributed by atoms with E-state index in [1.165, 1.54) is 24.6 Å². The normalized spacial score (nSPS) is 14.9. The molecular weight excluding hydrogens is 520 g/mol. The van der Waals surface area contributed by atoms with Crippen LogP contribution in [0.3, 0.4) is 0 Å². The molecule has 196 valence electrons. The highest BCUT2D eigenvalue weighted by molar-refractivity contribution is 6.31. The molecule has 1 aliphatic rings. The number of piperidine rings is 1. The highest BCUT2D eigenvalue weighted by atomic mass is 35.5. The third-order valence-electron chi connectivity index (χ3n) is 6.12. The fourth-order valence-electron chi connectivity index (χ4n) is 4.26. The fourth-order valence-corrected chi connectivity index (χ4v) is 4.49. The predicted octanol–water partition coefficient (Wildman–Crippen LogP) is 7.37. The van der Waals surface area contributed by atoms with Crippen LogP contribution in [0.1, 0.15) is 42.5 Å². The third kappa shape index (κ3) is 6.22. The number of rotatable bonds is 4. The zero-order chi connectivity index (χ0) is 26.8. The van der Waals surface area contributed by atoms with E-state index in [0.29, 0.717) is 12.5 Å². The fraction of sp³-hybridized carbons (Fsp3) is 0.346. The maximum atomic E-state index is 13.5. The Hall–Kier alpha value is -3.16. The van der Waals surface area contributed by atoms with Gasteiger partial charge in [-0.15, -0.1) is 0 Å². The lowest BCUT2D eigenvalue weighted by Crippen LogP contribution is -2.30. The van der Waals surface area contributed by atoms with Gasteiger partial charge in [-0.3, -0.25) is 5.10 Å². The Balaban J connectivity index is 1.77. The van der Waals surface area contributed by atoms with Crippen LogP contribution in [0.2, 0.25) is 5.02 Å². The molecule has 2 N–H and O–H groups in total. The van der Waals surface area contributed by atoms with Gasteiger partial charge in [0.15, 0.2) is 5.69 Å². The van der Waals surface area contributed by atoms with E-state index < -0.39 is 34.4 Å². The lowest BCUT2D eigenvalue weighted by molar-refractivity contribution is -0.141. The number of phenols is 1. The van der Waals surface area contributed by atoms with E-state index in [2.05, 4.69) is 26.9 Å². The first-order valence-corrected chi connectivity index (χ1v) is 11.9. The van der Waals surface area contributed by atoms with Gasteiger partial charge in [0.05, 0.1) is 16.3 Å². The number of alkyl halides is 6. The summed E-state index contributed by atoms with van der Waals surface area (Å²) >= 11 is 5.76. The maximum Gasteiger partial charge on any atom is 0.435 e. The summed E-state index contributed by atoms with van der Waals surface area (Å²) in [5.41, 5.74) is -2.38. The number of benzene rings is 2. The summed E-state index contributed by atoms with van der Waals surface area (Å²) in [6.45, 7) is 2.70. The predicted molar refractivity (Wildman–Crippen MR) is 128 cm³/mol.